The zero-order valence-corrected chi connectivity index (χ0v) is 10.2. The molecular weight excluding hydrogens is 236 g/mol. The van der Waals surface area contributed by atoms with Crippen LogP contribution in [0.15, 0.2) is 18.3 Å². The van der Waals surface area contributed by atoms with Crippen molar-refractivity contribution in [2.45, 2.75) is 37.9 Å². The highest BCUT2D eigenvalue weighted by atomic mass is 16.6. The van der Waals surface area contributed by atoms with Gasteiger partial charge in [0, 0.05) is 25.8 Å². The second-order valence-corrected chi connectivity index (χ2v) is 4.35. The van der Waals surface area contributed by atoms with Gasteiger partial charge in [0.15, 0.2) is 0 Å². The molecule has 0 amide bonds. The summed E-state index contributed by atoms with van der Waals surface area (Å²) in [7, 11) is 1.68. The van der Waals surface area contributed by atoms with Gasteiger partial charge in [0.1, 0.15) is 6.10 Å². The fourth-order valence-corrected chi connectivity index (χ4v) is 2.19. The van der Waals surface area contributed by atoms with Gasteiger partial charge in [-0.2, -0.15) is 0 Å². The second kappa shape index (κ2) is 5.77. The maximum atomic E-state index is 10.8. The van der Waals surface area contributed by atoms with Crippen molar-refractivity contribution < 1.29 is 14.4 Å². The van der Waals surface area contributed by atoms with Crippen LogP contribution >= 0.6 is 0 Å². The SMILES string of the molecule is CO[C@H]1CCC[C@@H](Oc2ncccc2[N+](=O)[O-])C1. The zero-order valence-electron chi connectivity index (χ0n) is 10.2. The topological polar surface area (TPSA) is 74.5 Å². The van der Waals surface area contributed by atoms with Crippen LogP contribution in [0.4, 0.5) is 5.69 Å². The number of methoxy groups -OCH3 is 1. The molecule has 18 heavy (non-hydrogen) atoms. The molecule has 98 valence electrons. The van der Waals surface area contributed by atoms with E-state index in [1.54, 1.807) is 7.11 Å². The van der Waals surface area contributed by atoms with Crippen LogP contribution in [0, 0.1) is 10.1 Å². The molecule has 0 unspecified atom stereocenters. The first-order valence-electron chi connectivity index (χ1n) is 5.99. The molecule has 0 radical (unpaired) electrons. The molecule has 6 nitrogen and oxygen atoms in total. The Kier molecular flexibility index (Phi) is 4.09. The Labute approximate surface area is 105 Å². The molecule has 2 rings (SSSR count). The first-order valence-corrected chi connectivity index (χ1v) is 5.99. The number of rotatable bonds is 4. The fourth-order valence-electron chi connectivity index (χ4n) is 2.19. The molecule has 0 aromatic carbocycles. The lowest BCUT2D eigenvalue weighted by atomic mass is 9.95. The summed E-state index contributed by atoms with van der Waals surface area (Å²) in [4.78, 5) is 14.3. The molecule has 1 heterocycles. The third-order valence-electron chi connectivity index (χ3n) is 3.14. The monoisotopic (exact) mass is 252 g/mol. The van der Waals surface area contributed by atoms with Crippen LogP contribution in [0.5, 0.6) is 5.88 Å². The Balaban J connectivity index is 2.07. The Bertz CT molecular complexity index is 424. The highest BCUT2D eigenvalue weighted by Crippen LogP contribution is 2.29. The van der Waals surface area contributed by atoms with Crippen molar-refractivity contribution in [1.29, 1.82) is 0 Å². The summed E-state index contributed by atoms with van der Waals surface area (Å²) < 4.78 is 10.9. The van der Waals surface area contributed by atoms with Crippen LogP contribution in [-0.2, 0) is 4.74 Å². The molecule has 1 aromatic heterocycles. The standard InChI is InChI=1S/C12H16N2O4/c1-17-9-4-2-5-10(8-9)18-12-11(14(15)16)6-3-7-13-12/h3,6-7,9-10H,2,4-5,8H2,1H3/t9-,10+/m0/s1. The molecule has 6 heteroatoms. The molecule has 1 aliphatic carbocycles. The van der Waals surface area contributed by atoms with Gasteiger partial charge in [0.05, 0.1) is 11.0 Å². The maximum absolute atomic E-state index is 10.8. The molecule has 0 bridgehead atoms. The van der Waals surface area contributed by atoms with Crippen molar-refractivity contribution >= 4 is 5.69 Å². The highest BCUT2D eigenvalue weighted by molar-refractivity contribution is 5.39. The lowest BCUT2D eigenvalue weighted by Crippen LogP contribution is -2.29. The molecule has 1 fully saturated rings. The van der Waals surface area contributed by atoms with E-state index in [0.717, 1.165) is 25.7 Å². The van der Waals surface area contributed by atoms with E-state index in [0.29, 0.717) is 0 Å². The van der Waals surface area contributed by atoms with Crippen LogP contribution in [0.1, 0.15) is 25.7 Å². The summed E-state index contributed by atoms with van der Waals surface area (Å²) in [6, 6.07) is 2.93. The molecule has 1 aliphatic rings. The molecular formula is C12H16N2O4. The van der Waals surface area contributed by atoms with E-state index >= 15 is 0 Å². The van der Waals surface area contributed by atoms with Crippen LogP contribution in [0.2, 0.25) is 0 Å². The molecule has 2 atom stereocenters. The predicted molar refractivity (Wildman–Crippen MR) is 64.6 cm³/mol. The first-order chi connectivity index (χ1) is 8.70. The lowest BCUT2D eigenvalue weighted by Gasteiger charge is -2.28. The number of pyridine rings is 1. The van der Waals surface area contributed by atoms with Crippen LogP contribution < -0.4 is 4.74 Å². The van der Waals surface area contributed by atoms with Crippen LogP contribution in [0.3, 0.4) is 0 Å². The highest BCUT2D eigenvalue weighted by Gasteiger charge is 2.26. The average Bonchev–Trinajstić information content (AvgIpc) is 2.39. The Hall–Kier alpha value is -1.69. The summed E-state index contributed by atoms with van der Waals surface area (Å²) >= 11 is 0. The van der Waals surface area contributed by atoms with E-state index in [9.17, 15) is 10.1 Å². The van der Waals surface area contributed by atoms with Gasteiger partial charge >= 0.3 is 5.69 Å². The van der Waals surface area contributed by atoms with E-state index in [1.165, 1.54) is 18.3 Å². The summed E-state index contributed by atoms with van der Waals surface area (Å²) in [6.07, 6.45) is 5.27. The number of hydrogen-bond donors (Lipinski definition) is 0. The van der Waals surface area contributed by atoms with E-state index in [4.69, 9.17) is 9.47 Å². The molecule has 0 spiro atoms. The summed E-state index contributed by atoms with van der Waals surface area (Å²) in [5.74, 6) is 0.101. The summed E-state index contributed by atoms with van der Waals surface area (Å²) in [5.41, 5.74) is -0.0861. The minimum absolute atomic E-state index is 0.0581. The zero-order chi connectivity index (χ0) is 13.0. The first kappa shape index (κ1) is 12.8. The number of hydrogen-bond acceptors (Lipinski definition) is 5. The van der Waals surface area contributed by atoms with Gasteiger partial charge in [0.25, 0.3) is 5.88 Å². The van der Waals surface area contributed by atoms with E-state index < -0.39 is 4.92 Å². The number of nitrogens with zero attached hydrogens (tertiary/aromatic N) is 2. The van der Waals surface area contributed by atoms with Gasteiger partial charge in [-0.15, -0.1) is 0 Å². The lowest BCUT2D eigenvalue weighted by molar-refractivity contribution is -0.386. The Morgan fingerprint density at radius 2 is 2.22 bits per heavy atom. The van der Waals surface area contributed by atoms with E-state index in [1.807, 2.05) is 0 Å². The number of ether oxygens (including phenoxy) is 2. The molecule has 0 aliphatic heterocycles. The normalized spacial score (nSPS) is 23.6. The number of aromatic nitrogens is 1. The summed E-state index contributed by atoms with van der Waals surface area (Å²) in [6.45, 7) is 0. The quantitative estimate of drug-likeness (QED) is 0.607. The largest absolute Gasteiger partial charge is 0.469 e. The predicted octanol–water partition coefficient (Wildman–Crippen LogP) is 2.33. The third-order valence-corrected chi connectivity index (χ3v) is 3.14. The fraction of sp³-hybridized carbons (Fsp3) is 0.583. The average molecular weight is 252 g/mol. The van der Waals surface area contributed by atoms with Gasteiger partial charge in [-0.05, 0) is 25.3 Å². The third kappa shape index (κ3) is 2.95. The van der Waals surface area contributed by atoms with Gasteiger partial charge in [-0.25, -0.2) is 4.98 Å². The maximum Gasteiger partial charge on any atom is 0.330 e. The Morgan fingerprint density at radius 3 is 2.94 bits per heavy atom. The van der Waals surface area contributed by atoms with Crippen molar-refractivity contribution in [2.24, 2.45) is 0 Å². The van der Waals surface area contributed by atoms with Gasteiger partial charge in [-0.3, -0.25) is 10.1 Å². The smallest absolute Gasteiger partial charge is 0.330 e. The van der Waals surface area contributed by atoms with Gasteiger partial charge in [0.2, 0.25) is 0 Å². The van der Waals surface area contributed by atoms with Crippen LogP contribution in [0.25, 0.3) is 0 Å². The van der Waals surface area contributed by atoms with Crippen molar-refractivity contribution in [3.63, 3.8) is 0 Å². The Morgan fingerprint density at radius 1 is 1.44 bits per heavy atom. The van der Waals surface area contributed by atoms with Gasteiger partial charge in [-0.1, -0.05) is 0 Å². The molecule has 1 saturated carbocycles. The van der Waals surface area contributed by atoms with E-state index in [2.05, 4.69) is 4.98 Å². The second-order valence-electron chi connectivity index (χ2n) is 4.35. The van der Waals surface area contributed by atoms with E-state index in [-0.39, 0.29) is 23.8 Å². The van der Waals surface area contributed by atoms with Crippen molar-refractivity contribution in [1.82, 2.24) is 4.98 Å². The molecule has 0 saturated heterocycles. The molecule has 0 N–H and O–H groups in total. The van der Waals surface area contributed by atoms with Crippen molar-refractivity contribution in [3.05, 3.63) is 28.4 Å². The summed E-state index contributed by atoms with van der Waals surface area (Å²) in [5, 5.41) is 10.8. The minimum Gasteiger partial charge on any atom is -0.469 e. The number of nitro groups is 1. The van der Waals surface area contributed by atoms with Crippen molar-refractivity contribution in [3.8, 4) is 5.88 Å². The molecule has 1 aromatic rings. The van der Waals surface area contributed by atoms with Crippen molar-refractivity contribution in [2.75, 3.05) is 7.11 Å². The minimum atomic E-state index is -0.473. The van der Waals surface area contributed by atoms with Crippen LogP contribution in [-0.4, -0.2) is 29.2 Å². The van der Waals surface area contributed by atoms with Gasteiger partial charge < -0.3 is 9.47 Å².